The van der Waals surface area contributed by atoms with E-state index in [-0.39, 0.29) is 11.9 Å². The Bertz CT molecular complexity index is 1060. The normalized spacial score (nSPS) is 12.1. The number of para-hydroxylation sites is 1. The lowest BCUT2D eigenvalue weighted by molar-refractivity contribution is -0.385. The van der Waals surface area contributed by atoms with Gasteiger partial charge in [0.1, 0.15) is 11.4 Å². The fraction of sp³-hybridized carbons (Fsp3) is 0.300. The molecule has 3 aromatic rings. The number of nitrogens with one attached hydrogen (secondary N) is 1. The summed E-state index contributed by atoms with van der Waals surface area (Å²) in [7, 11) is 1.58. The van der Waals surface area contributed by atoms with Crippen LogP contribution in [0.25, 0.3) is 5.65 Å². The maximum absolute atomic E-state index is 12.7. The Kier molecular flexibility index (Phi) is 5.58. The number of fused-ring (bicyclic) bond motifs is 1. The number of anilines is 1. The highest BCUT2D eigenvalue weighted by Crippen LogP contribution is 2.33. The second-order valence-corrected chi connectivity index (χ2v) is 6.87. The third kappa shape index (κ3) is 3.80. The SMILES string of the molecule is COc1ccccc1C(CC(C)C)Nc1nc2ccccn2c(=O)c1[N+](=O)[O-]. The predicted octanol–water partition coefficient (Wildman–Crippen LogP) is 3.81. The van der Waals surface area contributed by atoms with Crippen LogP contribution in [0.2, 0.25) is 0 Å². The van der Waals surface area contributed by atoms with Crippen LogP contribution in [0.3, 0.4) is 0 Å². The molecule has 0 radical (unpaired) electrons. The molecule has 8 heteroatoms. The summed E-state index contributed by atoms with van der Waals surface area (Å²) in [4.78, 5) is 28.0. The van der Waals surface area contributed by atoms with Crippen LogP contribution in [0.1, 0.15) is 31.9 Å². The van der Waals surface area contributed by atoms with Crippen LogP contribution in [-0.4, -0.2) is 21.4 Å². The minimum Gasteiger partial charge on any atom is -0.496 e. The molecule has 0 aliphatic rings. The predicted molar refractivity (Wildman–Crippen MR) is 107 cm³/mol. The van der Waals surface area contributed by atoms with Gasteiger partial charge in [-0.15, -0.1) is 0 Å². The highest BCUT2D eigenvalue weighted by molar-refractivity contribution is 5.61. The van der Waals surface area contributed by atoms with Crippen molar-refractivity contribution in [3.63, 3.8) is 0 Å². The molecule has 28 heavy (non-hydrogen) atoms. The molecule has 0 aliphatic heterocycles. The van der Waals surface area contributed by atoms with Gasteiger partial charge >= 0.3 is 11.2 Å². The lowest BCUT2D eigenvalue weighted by atomic mass is 9.96. The Morgan fingerprint density at radius 3 is 2.61 bits per heavy atom. The number of methoxy groups -OCH3 is 1. The molecule has 0 bridgehead atoms. The van der Waals surface area contributed by atoms with Crippen LogP contribution < -0.4 is 15.6 Å². The molecule has 8 nitrogen and oxygen atoms in total. The van der Waals surface area contributed by atoms with Crippen molar-refractivity contribution in [2.24, 2.45) is 5.92 Å². The quantitative estimate of drug-likeness (QED) is 0.493. The average Bonchev–Trinajstić information content (AvgIpc) is 2.67. The Balaban J connectivity index is 2.15. The van der Waals surface area contributed by atoms with Crippen LogP contribution in [0, 0.1) is 16.0 Å². The third-order valence-corrected chi connectivity index (χ3v) is 4.43. The van der Waals surface area contributed by atoms with Gasteiger partial charge in [-0.2, -0.15) is 0 Å². The number of ether oxygens (including phenoxy) is 1. The Hall–Kier alpha value is -3.42. The Morgan fingerprint density at radius 1 is 1.21 bits per heavy atom. The van der Waals surface area contributed by atoms with Gasteiger partial charge in [0, 0.05) is 11.8 Å². The highest BCUT2D eigenvalue weighted by Gasteiger charge is 2.27. The number of hydrogen-bond donors (Lipinski definition) is 1. The summed E-state index contributed by atoms with van der Waals surface area (Å²) in [5.41, 5.74) is -0.110. The first kappa shape index (κ1) is 19.3. The minimum absolute atomic E-state index is 0.0437. The zero-order valence-corrected chi connectivity index (χ0v) is 16.0. The second-order valence-electron chi connectivity index (χ2n) is 6.87. The molecule has 1 aromatic carbocycles. The number of hydrogen-bond acceptors (Lipinski definition) is 6. The Morgan fingerprint density at radius 2 is 1.93 bits per heavy atom. The standard InChI is InChI=1S/C20H22N4O4/c1-13(2)12-15(14-8-4-5-9-16(14)28-3)21-19-18(24(26)27)20(25)23-11-7-6-10-17(23)22-19/h4-11,13,15,21H,12H2,1-3H3. The van der Waals surface area contributed by atoms with E-state index in [1.165, 1.54) is 10.6 Å². The van der Waals surface area contributed by atoms with Crippen molar-refractivity contribution < 1.29 is 9.66 Å². The number of aromatic nitrogens is 2. The summed E-state index contributed by atoms with van der Waals surface area (Å²) in [5, 5.41) is 14.8. The van der Waals surface area contributed by atoms with Crippen molar-refractivity contribution >= 4 is 17.2 Å². The smallest absolute Gasteiger partial charge is 0.376 e. The van der Waals surface area contributed by atoms with Crippen molar-refractivity contribution in [3.8, 4) is 5.75 Å². The van der Waals surface area contributed by atoms with E-state index in [1.54, 1.807) is 25.3 Å². The molecule has 2 aromatic heterocycles. The number of rotatable bonds is 7. The van der Waals surface area contributed by atoms with E-state index >= 15 is 0 Å². The van der Waals surface area contributed by atoms with Crippen molar-refractivity contribution in [2.45, 2.75) is 26.3 Å². The molecule has 1 atom stereocenters. The lowest BCUT2D eigenvalue weighted by Gasteiger charge is -2.23. The van der Waals surface area contributed by atoms with Gasteiger partial charge in [0.05, 0.1) is 18.1 Å². The molecule has 3 rings (SSSR count). The number of nitro groups is 1. The molecule has 1 N–H and O–H groups in total. The van der Waals surface area contributed by atoms with Crippen molar-refractivity contribution in [1.29, 1.82) is 0 Å². The first-order chi connectivity index (χ1) is 13.4. The molecule has 146 valence electrons. The molecular formula is C20H22N4O4. The molecular weight excluding hydrogens is 360 g/mol. The monoisotopic (exact) mass is 382 g/mol. The summed E-state index contributed by atoms with van der Waals surface area (Å²) in [6, 6.07) is 12.2. The van der Waals surface area contributed by atoms with Crippen molar-refractivity contribution in [3.05, 3.63) is 74.7 Å². The third-order valence-electron chi connectivity index (χ3n) is 4.43. The van der Waals surface area contributed by atoms with Crippen LogP contribution >= 0.6 is 0 Å². The summed E-state index contributed by atoms with van der Waals surface area (Å²) in [6.07, 6.45) is 2.14. The zero-order chi connectivity index (χ0) is 20.3. The van der Waals surface area contributed by atoms with E-state index in [0.29, 0.717) is 23.7 Å². The maximum Gasteiger partial charge on any atom is 0.376 e. The van der Waals surface area contributed by atoms with Gasteiger partial charge in [-0.05, 0) is 30.5 Å². The zero-order valence-electron chi connectivity index (χ0n) is 16.0. The molecule has 0 fully saturated rings. The average molecular weight is 382 g/mol. The van der Waals surface area contributed by atoms with E-state index in [4.69, 9.17) is 4.74 Å². The number of nitrogens with zero attached hydrogens (tertiary/aromatic N) is 3. The molecule has 0 saturated carbocycles. The topological polar surface area (TPSA) is 98.8 Å². The van der Waals surface area contributed by atoms with E-state index < -0.39 is 16.2 Å². The summed E-state index contributed by atoms with van der Waals surface area (Å²) >= 11 is 0. The maximum atomic E-state index is 12.7. The summed E-state index contributed by atoms with van der Waals surface area (Å²) in [5.74, 6) is 0.918. The van der Waals surface area contributed by atoms with Crippen molar-refractivity contribution in [2.75, 3.05) is 12.4 Å². The van der Waals surface area contributed by atoms with E-state index in [2.05, 4.69) is 24.1 Å². The second kappa shape index (κ2) is 8.08. The van der Waals surface area contributed by atoms with Gasteiger partial charge in [0.25, 0.3) is 0 Å². The van der Waals surface area contributed by atoms with Crippen LogP contribution in [-0.2, 0) is 0 Å². The summed E-state index contributed by atoms with van der Waals surface area (Å²) in [6.45, 7) is 4.11. The Labute approximate surface area is 162 Å². The van der Waals surface area contributed by atoms with Crippen LogP contribution in [0.5, 0.6) is 5.75 Å². The molecule has 1 unspecified atom stereocenters. The fourth-order valence-electron chi connectivity index (χ4n) is 3.20. The summed E-state index contributed by atoms with van der Waals surface area (Å²) < 4.78 is 6.63. The van der Waals surface area contributed by atoms with E-state index in [0.717, 1.165) is 5.56 Å². The first-order valence-electron chi connectivity index (χ1n) is 8.97. The lowest BCUT2D eigenvalue weighted by Crippen LogP contribution is -2.23. The van der Waals surface area contributed by atoms with Crippen molar-refractivity contribution in [1.82, 2.24) is 9.38 Å². The molecule has 0 aliphatic carbocycles. The molecule has 2 heterocycles. The fourth-order valence-corrected chi connectivity index (χ4v) is 3.20. The van der Waals surface area contributed by atoms with E-state index in [1.807, 2.05) is 24.3 Å². The minimum atomic E-state index is -0.721. The van der Waals surface area contributed by atoms with Gasteiger partial charge in [-0.1, -0.05) is 38.1 Å². The van der Waals surface area contributed by atoms with Gasteiger partial charge in [-0.3, -0.25) is 19.3 Å². The first-order valence-corrected chi connectivity index (χ1v) is 8.97. The van der Waals surface area contributed by atoms with Gasteiger partial charge in [0.15, 0.2) is 0 Å². The van der Waals surface area contributed by atoms with Gasteiger partial charge in [0.2, 0.25) is 5.82 Å². The number of benzene rings is 1. The molecule has 0 spiro atoms. The van der Waals surface area contributed by atoms with Crippen LogP contribution in [0.4, 0.5) is 11.5 Å². The molecule has 0 saturated heterocycles. The number of pyridine rings is 1. The largest absolute Gasteiger partial charge is 0.496 e. The van der Waals surface area contributed by atoms with Crippen LogP contribution in [0.15, 0.2) is 53.5 Å². The van der Waals surface area contributed by atoms with Gasteiger partial charge < -0.3 is 10.1 Å². The van der Waals surface area contributed by atoms with E-state index in [9.17, 15) is 14.9 Å². The highest BCUT2D eigenvalue weighted by atomic mass is 16.6. The molecule has 0 amide bonds. The van der Waals surface area contributed by atoms with Gasteiger partial charge in [-0.25, -0.2) is 4.98 Å².